The molecule has 0 aromatic carbocycles. The molecule has 1 aliphatic carbocycles. The highest BCUT2D eigenvalue weighted by Crippen LogP contribution is 2.27. The molecule has 1 saturated carbocycles. The van der Waals surface area contributed by atoms with E-state index in [0.29, 0.717) is 17.9 Å². The standard InChI is InChI=1S/C15H26N6/c1-11-7-3-4-8-12(11)17-14-18-13(16-2)19-15(20-14)21-9-5-6-10-21/h11-12H,3-10H2,1-2H3,(H2,16,17,18,19,20). The summed E-state index contributed by atoms with van der Waals surface area (Å²) in [5.74, 6) is 2.86. The van der Waals surface area contributed by atoms with Gasteiger partial charge in [-0.15, -0.1) is 0 Å². The van der Waals surface area contributed by atoms with E-state index in [9.17, 15) is 0 Å². The van der Waals surface area contributed by atoms with Crippen LogP contribution in [-0.4, -0.2) is 41.1 Å². The molecule has 1 aromatic heterocycles. The molecule has 6 heteroatoms. The van der Waals surface area contributed by atoms with Gasteiger partial charge in [-0.05, 0) is 31.6 Å². The molecular formula is C15H26N6. The first-order chi connectivity index (χ1) is 10.3. The Morgan fingerprint density at radius 3 is 2.38 bits per heavy atom. The van der Waals surface area contributed by atoms with Crippen LogP contribution in [0.1, 0.15) is 45.4 Å². The molecule has 1 aromatic rings. The van der Waals surface area contributed by atoms with Crippen molar-refractivity contribution in [3.63, 3.8) is 0 Å². The lowest BCUT2D eigenvalue weighted by Gasteiger charge is -2.29. The summed E-state index contributed by atoms with van der Waals surface area (Å²) in [4.78, 5) is 15.9. The summed E-state index contributed by atoms with van der Waals surface area (Å²) in [6, 6.07) is 0.484. The molecule has 1 aliphatic heterocycles. The Balaban J connectivity index is 1.78. The Morgan fingerprint density at radius 2 is 1.67 bits per heavy atom. The lowest BCUT2D eigenvalue weighted by atomic mass is 9.86. The number of nitrogens with one attached hydrogen (secondary N) is 2. The van der Waals surface area contributed by atoms with E-state index in [1.807, 2.05) is 7.05 Å². The van der Waals surface area contributed by atoms with Gasteiger partial charge in [-0.2, -0.15) is 15.0 Å². The van der Waals surface area contributed by atoms with Crippen LogP contribution in [0.2, 0.25) is 0 Å². The van der Waals surface area contributed by atoms with Crippen molar-refractivity contribution in [2.24, 2.45) is 5.92 Å². The predicted molar refractivity (Wildman–Crippen MR) is 85.9 cm³/mol. The summed E-state index contributed by atoms with van der Waals surface area (Å²) in [5, 5.41) is 6.59. The van der Waals surface area contributed by atoms with Gasteiger partial charge in [-0.3, -0.25) is 0 Å². The molecule has 1 saturated heterocycles. The molecule has 2 atom stereocenters. The van der Waals surface area contributed by atoms with Crippen molar-refractivity contribution in [2.45, 2.75) is 51.5 Å². The highest BCUT2D eigenvalue weighted by molar-refractivity contribution is 5.44. The van der Waals surface area contributed by atoms with Crippen molar-refractivity contribution >= 4 is 17.8 Å². The second-order valence-electron chi connectivity index (χ2n) is 6.24. The maximum atomic E-state index is 4.64. The third kappa shape index (κ3) is 3.36. The first-order valence-electron chi connectivity index (χ1n) is 8.21. The molecule has 2 N–H and O–H groups in total. The van der Waals surface area contributed by atoms with Crippen LogP contribution in [0.15, 0.2) is 0 Å². The van der Waals surface area contributed by atoms with Crippen LogP contribution in [0.25, 0.3) is 0 Å². The maximum Gasteiger partial charge on any atom is 0.231 e. The topological polar surface area (TPSA) is 66.0 Å². The SMILES string of the molecule is CNc1nc(NC2CCCCC2C)nc(N2CCCC2)n1. The van der Waals surface area contributed by atoms with Gasteiger partial charge in [0.05, 0.1) is 0 Å². The van der Waals surface area contributed by atoms with Crippen LogP contribution in [0.4, 0.5) is 17.8 Å². The third-order valence-electron chi connectivity index (χ3n) is 4.66. The fourth-order valence-corrected chi connectivity index (χ4v) is 3.30. The number of nitrogens with zero attached hydrogens (tertiary/aromatic N) is 4. The van der Waals surface area contributed by atoms with Crippen LogP contribution in [0.5, 0.6) is 0 Å². The van der Waals surface area contributed by atoms with E-state index in [4.69, 9.17) is 0 Å². The van der Waals surface area contributed by atoms with Crippen LogP contribution < -0.4 is 15.5 Å². The smallest absolute Gasteiger partial charge is 0.231 e. The first kappa shape index (κ1) is 14.4. The van der Waals surface area contributed by atoms with E-state index in [-0.39, 0.29) is 0 Å². The lowest BCUT2D eigenvalue weighted by Crippen LogP contribution is -2.31. The molecule has 2 heterocycles. The number of rotatable bonds is 4. The third-order valence-corrected chi connectivity index (χ3v) is 4.66. The van der Waals surface area contributed by atoms with Gasteiger partial charge < -0.3 is 15.5 Å². The molecule has 0 radical (unpaired) electrons. The van der Waals surface area contributed by atoms with Crippen LogP contribution in [0, 0.1) is 5.92 Å². The minimum atomic E-state index is 0.484. The molecule has 21 heavy (non-hydrogen) atoms. The summed E-state index contributed by atoms with van der Waals surface area (Å²) in [6.45, 7) is 4.41. The largest absolute Gasteiger partial charge is 0.357 e. The summed E-state index contributed by atoms with van der Waals surface area (Å²) >= 11 is 0. The van der Waals surface area contributed by atoms with E-state index in [0.717, 1.165) is 25.0 Å². The summed E-state index contributed by atoms with van der Waals surface area (Å²) in [5.41, 5.74) is 0. The fourth-order valence-electron chi connectivity index (χ4n) is 3.30. The number of anilines is 3. The highest BCUT2D eigenvalue weighted by atomic mass is 15.3. The van der Waals surface area contributed by atoms with Gasteiger partial charge in [-0.1, -0.05) is 19.8 Å². The van der Waals surface area contributed by atoms with Gasteiger partial charge >= 0.3 is 0 Å². The minimum Gasteiger partial charge on any atom is -0.357 e. The number of hydrogen-bond acceptors (Lipinski definition) is 6. The number of aromatic nitrogens is 3. The van der Waals surface area contributed by atoms with Crippen molar-refractivity contribution in [3.05, 3.63) is 0 Å². The Bertz CT molecular complexity index is 471. The Kier molecular flexibility index (Phi) is 4.41. The second kappa shape index (κ2) is 6.45. The van der Waals surface area contributed by atoms with Gasteiger partial charge in [0.1, 0.15) is 0 Å². The molecule has 2 fully saturated rings. The Morgan fingerprint density at radius 1 is 0.952 bits per heavy atom. The van der Waals surface area contributed by atoms with Crippen LogP contribution in [0.3, 0.4) is 0 Å². The first-order valence-corrected chi connectivity index (χ1v) is 8.21. The van der Waals surface area contributed by atoms with Gasteiger partial charge in [0.15, 0.2) is 0 Å². The molecule has 0 bridgehead atoms. The average Bonchev–Trinajstić information content (AvgIpc) is 3.04. The van der Waals surface area contributed by atoms with E-state index in [1.54, 1.807) is 0 Å². The molecular weight excluding hydrogens is 264 g/mol. The summed E-state index contributed by atoms with van der Waals surface area (Å²) in [7, 11) is 1.86. The van der Waals surface area contributed by atoms with Crippen molar-refractivity contribution in [1.29, 1.82) is 0 Å². The fraction of sp³-hybridized carbons (Fsp3) is 0.800. The highest BCUT2D eigenvalue weighted by Gasteiger charge is 2.23. The minimum absolute atomic E-state index is 0.484. The summed E-state index contributed by atoms with van der Waals surface area (Å²) < 4.78 is 0. The number of hydrogen-bond donors (Lipinski definition) is 2. The average molecular weight is 290 g/mol. The molecule has 0 amide bonds. The molecule has 2 unspecified atom stereocenters. The Hall–Kier alpha value is -1.59. The van der Waals surface area contributed by atoms with E-state index < -0.39 is 0 Å². The van der Waals surface area contributed by atoms with Crippen molar-refractivity contribution < 1.29 is 0 Å². The van der Waals surface area contributed by atoms with E-state index in [1.165, 1.54) is 38.5 Å². The van der Waals surface area contributed by atoms with Crippen LogP contribution in [-0.2, 0) is 0 Å². The zero-order valence-corrected chi connectivity index (χ0v) is 13.1. The lowest BCUT2D eigenvalue weighted by molar-refractivity contribution is 0.348. The van der Waals surface area contributed by atoms with Crippen molar-refractivity contribution in [1.82, 2.24) is 15.0 Å². The molecule has 2 aliphatic rings. The van der Waals surface area contributed by atoms with Crippen molar-refractivity contribution in [2.75, 3.05) is 35.7 Å². The Labute approximate surface area is 126 Å². The monoisotopic (exact) mass is 290 g/mol. The normalized spacial score (nSPS) is 25.9. The van der Waals surface area contributed by atoms with Gasteiger partial charge in [0.25, 0.3) is 0 Å². The van der Waals surface area contributed by atoms with E-state index >= 15 is 0 Å². The van der Waals surface area contributed by atoms with Gasteiger partial charge in [-0.25, -0.2) is 0 Å². The molecule has 116 valence electrons. The van der Waals surface area contributed by atoms with Crippen LogP contribution >= 0.6 is 0 Å². The zero-order valence-electron chi connectivity index (χ0n) is 13.1. The van der Waals surface area contributed by atoms with Gasteiger partial charge in [0, 0.05) is 26.2 Å². The van der Waals surface area contributed by atoms with E-state index in [2.05, 4.69) is 37.4 Å². The molecule has 0 spiro atoms. The molecule has 3 rings (SSSR count). The molecule has 6 nitrogen and oxygen atoms in total. The quantitative estimate of drug-likeness (QED) is 0.888. The summed E-state index contributed by atoms with van der Waals surface area (Å²) in [6.07, 6.45) is 7.59. The maximum absolute atomic E-state index is 4.64. The zero-order chi connectivity index (χ0) is 14.7. The van der Waals surface area contributed by atoms with Gasteiger partial charge in [0.2, 0.25) is 17.8 Å². The second-order valence-corrected chi connectivity index (χ2v) is 6.24. The van der Waals surface area contributed by atoms with Crippen molar-refractivity contribution in [3.8, 4) is 0 Å². The predicted octanol–water partition coefficient (Wildman–Crippen LogP) is 2.50.